The van der Waals surface area contributed by atoms with Crippen LogP contribution in [0.25, 0.3) is 10.9 Å². The number of nitrogens with zero attached hydrogens (tertiary/aromatic N) is 3. The summed E-state index contributed by atoms with van der Waals surface area (Å²) in [5.74, 6) is -0.971. The molecule has 0 saturated carbocycles. The van der Waals surface area contributed by atoms with Gasteiger partial charge in [-0.05, 0) is 36.5 Å². The fourth-order valence-electron chi connectivity index (χ4n) is 2.62. The van der Waals surface area contributed by atoms with Gasteiger partial charge in [0.15, 0.2) is 5.69 Å². The number of aryl methyl sites for hydroxylation is 1. The highest BCUT2D eigenvalue weighted by Crippen LogP contribution is 2.22. The van der Waals surface area contributed by atoms with Gasteiger partial charge in [0.2, 0.25) is 0 Å². The van der Waals surface area contributed by atoms with Crippen LogP contribution in [0.4, 0.5) is 4.39 Å². The van der Waals surface area contributed by atoms with Gasteiger partial charge in [-0.1, -0.05) is 20.8 Å². The van der Waals surface area contributed by atoms with Gasteiger partial charge < -0.3 is 10.1 Å². The van der Waals surface area contributed by atoms with Crippen molar-refractivity contribution >= 4 is 23.1 Å². The lowest BCUT2D eigenvalue weighted by atomic mass is 9.87. The van der Waals surface area contributed by atoms with Crippen LogP contribution in [-0.4, -0.2) is 28.0 Å². The summed E-state index contributed by atoms with van der Waals surface area (Å²) in [7, 11) is 0. The van der Waals surface area contributed by atoms with Gasteiger partial charge in [-0.2, -0.15) is 10.4 Å². The van der Waals surface area contributed by atoms with Gasteiger partial charge in [0.05, 0.1) is 17.6 Å². The molecule has 0 aliphatic heterocycles. The van der Waals surface area contributed by atoms with E-state index in [2.05, 4.69) is 16.5 Å². The second-order valence-corrected chi connectivity index (χ2v) is 7.30. The average molecular weight is 358 g/mol. The number of nitrogens with one attached hydrogen (secondary N) is 1. The maximum atomic E-state index is 13.7. The first-order valence-corrected chi connectivity index (χ1v) is 8.57. The van der Waals surface area contributed by atoms with E-state index in [-0.39, 0.29) is 5.69 Å². The third-order valence-electron chi connectivity index (χ3n) is 4.19. The molecule has 1 atom stereocenters. The molecule has 138 valence electrons. The molecule has 1 heterocycles. The van der Waals surface area contributed by atoms with E-state index in [0.717, 1.165) is 12.8 Å². The molecule has 1 N–H and O–H groups in total. The SMILES string of the molecule is CC(C)(C)C(C=O)NC(=O)c1nn(CCCCC#N)c2ccc(F)cc12. The Morgan fingerprint density at radius 1 is 1.42 bits per heavy atom. The normalized spacial score (nSPS) is 12.6. The van der Waals surface area contributed by atoms with E-state index in [1.807, 2.05) is 20.8 Å². The predicted molar refractivity (Wildman–Crippen MR) is 95.9 cm³/mol. The Morgan fingerprint density at radius 2 is 2.15 bits per heavy atom. The number of fused-ring (bicyclic) bond motifs is 1. The molecule has 26 heavy (non-hydrogen) atoms. The number of rotatable bonds is 7. The largest absolute Gasteiger partial charge is 0.341 e. The fourth-order valence-corrected chi connectivity index (χ4v) is 2.62. The van der Waals surface area contributed by atoms with Crippen LogP contribution < -0.4 is 5.32 Å². The smallest absolute Gasteiger partial charge is 0.273 e. The van der Waals surface area contributed by atoms with Gasteiger partial charge in [0, 0.05) is 18.4 Å². The molecule has 2 aromatic rings. The maximum Gasteiger partial charge on any atom is 0.273 e. The lowest BCUT2D eigenvalue weighted by Crippen LogP contribution is -2.45. The second-order valence-electron chi connectivity index (χ2n) is 7.30. The molecular formula is C19H23FN4O2. The molecule has 0 aliphatic rings. The third kappa shape index (κ3) is 4.45. The van der Waals surface area contributed by atoms with Gasteiger partial charge in [-0.25, -0.2) is 4.39 Å². The summed E-state index contributed by atoms with van der Waals surface area (Å²) in [4.78, 5) is 24.0. The maximum absolute atomic E-state index is 13.7. The van der Waals surface area contributed by atoms with Crippen molar-refractivity contribution < 1.29 is 14.0 Å². The molecular weight excluding hydrogens is 335 g/mol. The standard InChI is InChI=1S/C19H23FN4O2/c1-19(2,3)16(12-25)22-18(26)17-14-11-13(20)7-8-15(14)24(23-17)10-6-4-5-9-21/h7-8,11-12,16H,4-6,10H2,1-3H3,(H,22,26). The van der Waals surface area contributed by atoms with E-state index in [1.165, 1.54) is 12.1 Å². The second kappa shape index (κ2) is 8.09. The molecule has 0 aliphatic carbocycles. The molecule has 0 saturated heterocycles. The summed E-state index contributed by atoms with van der Waals surface area (Å²) in [6.07, 6.45) is 2.59. The average Bonchev–Trinajstić information content (AvgIpc) is 2.93. The Hall–Kier alpha value is -2.75. The van der Waals surface area contributed by atoms with Crippen LogP contribution in [0.1, 0.15) is 50.5 Å². The van der Waals surface area contributed by atoms with Crippen LogP contribution in [0.15, 0.2) is 18.2 Å². The monoisotopic (exact) mass is 358 g/mol. The molecule has 2 rings (SSSR count). The Kier molecular flexibility index (Phi) is 6.09. The molecule has 1 aromatic heterocycles. The number of carbonyl (C=O) groups is 2. The third-order valence-corrected chi connectivity index (χ3v) is 4.19. The first kappa shape index (κ1) is 19.6. The van der Waals surface area contributed by atoms with Gasteiger partial charge in [-0.15, -0.1) is 0 Å². The van der Waals surface area contributed by atoms with Crippen LogP contribution in [0.5, 0.6) is 0 Å². The quantitative estimate of drug-likeness (QED) is 0.608. The molecule has 1 amide bonds. The van der Waals surface area contributed by atoms with Gasteiger partial charge in [0.25, 0.3) is 5.91 Å². The summed E-state index contributed by atoms with van der Waals surface area (Å²) < 4.78 is 15.3. The summed E-state index contributed by atoms with van der Waals surface area (Å²) in [5, 5.41) is 16.0. The van der Waals surface area contributed by atoms with Crippen LogP contribution in [0.2, 0.25) is 0 Å². The summed E-state index contributed by atoms with van der Waals surface area (Å²) in [5.41, 5.74) is 0.293. The minimum absolute atomic E-state index is 0.0934. The molecule has 0 bridgehead atoms. The highest BCUT2D eigenvalue weighted by atomic mass is 19.1. The molecule has 1 unspecified atom stereocenters. The van der Waals surface area contributed by atoms with Gasteiger partial charge in [0.1, 0.15) is 12.1 Å². The first-order chi connectivity index (χ1) is 12.3. The fraction of sp³-hybridized carbons (Fsp3) is 0.474. The van der Waals surface area contributed by atoms with Crippen molar-refractivity contribution in [1.82, 2.24) is 15.1 Å². The number of aromatic nitrogens is 2. The van der Waals surface area contributed by atoms with Crippen LogP contribution in [-0.2, 0) is 11.3 Å². The minimum atomic E-state index is -0.681. The van der Waals surface area contributed by atoms with E-state index in [1.54, 1.807) is 10.7 Å². The zero-order valence-electron chi connectivity index (χ0n) is 15.3. The molecule has 0 radical (unpaired) electrons. The molecule has 0 fully saturated rings. The molecule has 1 aromatic carbocycles. The van der Waals surface area contributed by atoms with Crippen LogP contribution in [0, 0.1) is 22.6 Å². The summed E-state index contributed by atoms with van der Waals surface area (Å²) in [6.45, 7) is 6.06. The number of hydrogen-bond donors (Lipinski definition) is 1. The Labute approximate surface area is 152 Å². The van der Waals surface area contributed by atoms with E-state index >= 15 is 0 Å². The zero-order chi connectivity index (χ0) is 19.3. The van der Waals surface area contributed by atoms with E-state index in [0.29, 0.717) is 30.2 Å². The van der Waals surface area contributed by atoms with Crippen molar-refractivity contribution in [3.63, 3.8) is 0 Å². The van der Waals surface area contributed by atoms with Crippen LogP contribution in [0.3, 0.4) is 0 Å². The predicted octanol–water partition coefficient (Wildman–Crippen LogP) is 3.21. The minimum Gasteiger partial charge on any atom is -0.341 e. The van der Waals surface area contributed by atoms with Crippen molar-refractivity contribution in [2.24, 2.45) is 5.41 Å². The number of benzene rings is 1. The van der Waals surface area contributed by atoms with E-state index in [9.17, 15) is 14.0 Å². The van der Waals surface area contributed by atoms with Crippen molar-refractivity contribution in [3.8, 4) is 6.07 Å². The Morgan fingerprint density at radius 3 is 2.77 bits per heavy atom. The van der Waals surface area contributed by atoms with E-state index in [4.69, 9.17) is 5.26 Å². The highest BCUT2D eigenvalue weighted by Gasteiger charge is 2.28. The molecule has 7 heteroatoms. The molecule has 0 spiro atoms. The van der Waals surface area contributed by atoms with Crippen molar-refractivity contribution in [2.75, 3.05) is 0 Å². The van der Waals surface area contributed by atoms with Crippen LogP contribution >= 0.6 is 0 Å². The first-order valence-electron chi connectivity index (χ1n) is 8.57. The lowest BCUT2D eigenvalue weighted by Gasteiger charge is -2.26. The zero-order valence-corrected chi connectivity index (χ0v) is 15.3. The Bertz CT molecular complexity index is 846. The number of hydrogen-bond acceptors (Lipinski definition) is 4. The number of aldehydes is 1. The van der Waals surface area contributed by atoms with Gasteiger partial charge >= 0.3 is 0 Å². The van der Waals surface area contributed by atoms with E-state index < -0.39 is 23.2 Å². The highest BCUT2D eigenvalue weighted by molar-refractivity contribution is 6.05. The number of unbranched alkanes of at least 4 members (excludes halogenated alkanes) is 2. The summed E-state index contributed by atoms with van der Waals surface area (Å²) >= 11 is 0. The Balaban J connectivity index is 2.34. The summed E-state index contributed by atoms with van der Waals surface area (Å²) in [6, 6.07) is 5.58. The van der Waals surface area contributed by atoms with Gasteiger partial charge in [-0.3, -0.25) is 9.48 Å². The lowest BCUT2D eigenvalue weighted by molar-refractivity contribution is -0.111. The number of nitriles is 1. The topological polar surface area (TPSA) is 87.8 Å². The van der Waals surface area contributed by atoms with Crippen molar-refractivity contribution in [2.45, 2.75) is 52.6 Å². The molecule has 6 nitrogen and oxygen atoms in total. The van der Waals surface area contributed by atoms with Crippen molar-refractivity contribution in [3.05, 3.63) is 29.7 Å². The number of halogens is 1. The number of carbonyl (C=O) groups excluding carboxylic acids is 2. The van der Waals surface area contributed by atoms with Crippen molar-refractivity contribution in [1.29, 1.82) is 5.26 Å². The number of amides is 1.